The van der Waals surface area contributed by atoms with Gasteiger partial charge in [0.2, 0.25) is 11.8 Å². The predicted molar refractivity (Wildman–Crippen MR) is 100 cm³/mol. The van der Waals surface area contributed by atoms with Gasteiger partial charge < -0.3 is 25.6 Å². The lowest BCUT2D eigenvalue weighted by Crippen LogP contribution is -2.07. The summed E-state index contributed by atoms with van der Waals surface area (Å²) in [5.41, 5.74) is 2.51. The van der Waals surface area contributed by atoms with E-state index in [1.807, 2.05) is 18.2 Å². The van der Waals surface area contributed by atoms with Gasteiger partial charge in [0.15, 0.2) is 6.61 Å². The molecule has 0 saturated heterocycles. The third-order valence-electron chi connectivity index (χ3n) is 3.09. The van der Waals surface area contributed by atoms with Crippen LogP contribution in [0.3, 0.4) is 0 Å². The second-order valence-corrected chi connectivity index (χ2v) is 5.86. The first-order chi connectivity index (χ1) is 12.2. The Morgan fingerprint density at radius 3 is 2.72 bits per heavy atom. The van der Waals surface area contributed by atoms with Crippen molar-refractivity contribution in [2.45, 2.75) is 6.42 Å². The summed E-state index contributed by atoms with van der Waals surface area (Å²) in [7, 11) is 0. The lowest BCUT2D eigenvalue weighted by Gasteiger charge is -2.12. The molecule has 0 atom stereocenters. The van der Waals surface area contributed by atoms with Gasteiger partial charge in [-0.15, -0.1) is 6.42 Å². The van der Waals surface area contributed by atoms with E-state index in [0.29, 0.717) is 29.3 Å². The van der Waals surface area contributed by atoms with E-state index in [1.54, 1.807) is 6.20 Å². The largest absolute Gasteiger partial charge is 0.464 e. The zero-order valence-electron chi connectivity index (χ0n) is 13.5. The van der Waals surface area contributed by atoms with Crippen LogP contribution >= 0.6 is 15.9 Å². The number of benzene rings is 1. The maximum absolute atomic E-state index is 9.17. The second-order valence-electron chi connectivity index (χ2n) is 5.01. The van der Waals surface area contributed by atoms with Gasteiger partial charge in [-0.25, -0.2) is 4.98 Å². The molecule has 1 aromatic heterocycles. The first kappa shape index (κ1) is 19.0. The van der Waals surface area contributed by atoms with Gasteiger partial charge >= 0.3 is 0 Å². The van der Waals surface area contributed by atoms with Crippen LogP contribution in [0.15, 0.2) is 28.9 Å². The molecule has 0 saturated carbocycles. The Morgan fingerprint density at radius 2 is 2.00 bits per heavy atom. The lowest BCUT2D eigenvalue weighted by molar-refractivity contribution is 0.299. The summed E-state index contributed by atoms with van der Waals surface area (Å²) >= 11 is 3.31. The van der Waals surface area contributed by atoms with Gasteiger partial charge in [0.05, 0.1) is 17.3 Å². The van der Waals surface area contributed by atoms with Gasteiger partial charge in [-0.2, -0.15) is 4.98 Å². The van der Waals surface area contributed by atoms with Crippen LogP contribution < -0.4 is 15.4 Å². The Morgan fingerprint density at radius 1 is 1.20 bits per heavy atom. The van der Waals surface area contributed by atoms with Crippen LogP contribution in [0.4, 0.5) is 17.3 Å². The van der Waals surface area contributed by atoms with Crippen LogP contribution in [-0.4, -0.2) is 46.5 Å². The molecule has 0 aliphatic carbocycles. The number of aromatic nitrogens is 2. The number of halogens is 1. The average molecular weight is 407 g/mol. The summed E-state index contributed by atoms with van der Waals surface area (Å²) in [6.07, 6.45) is 7.28. The van der Waals surface area contributed by atoms with Crippen molar-refractivity contribution in [3.05, 3.63) is 34.4 Å². The summed E-state index contributed by atoms with van der Waals surface area (Å²) in [5.74, 6) is 3.08. The minimum absolute atomic E-state index is 0.0265. The normalized spacial score (nSPS) is 10.2. The van der Waals surface area contributed by atoms with Crippen LogP contribution in [0.5, 0.6) is 5.88 Å². The van der Waals surface area contributed by atoms with Gasteiger partial charge in [0.1, 0.15) is 0 Å². The third kappa shape index (κ3) is 5.90. The Kier molecular flexibility index (Phi) is 7.47. The molecule has 2 aromatic rings. The van der Waals surface area contributed by atoms with E-state index >= 15 is 0 Å². The van der Waals surface area contributed by atoms with Crippen molar-refractivity contribution in [2.24, 2.45) is 0 Å². The molecule has 2 rings (SSSR count). The molecular weight excluding hydrogens is 388 g/mol. The fourth-order valence-corrected chi connectivity index (χ4v) is 2.40. The van der Waals surface area contributed by atoms with Crippen LogP contribution in [0.2, 0.25) is 0 Å². The van der Waals surface area contributed by atoms with E-state index in [4.69, 9.17) is 16.3 Å². The predicted octanol–water partition coefficient (Wildman–Crippen LogP) is 1.93. The molecule has 0 aliphatic rings. The number of aliphatic hydroxyl groups excluding tert-OH is 2. The van der Waals surface area contributed by atoms with E-state index in [9.17, 15) is 5.11 Å². The maximum Gasteiger partial charge on any atom is 0.233 e. The fraction of sp³-hybridized carbons (Fsp3) is 0.294. The van der Waals surface area contributed by atoms with E-state index in [0.717, 1.165) is 16.9 Å². The van der Waals surface area contributed by atoms with Gasteiger partial charge in [0, 0.05) is 24.5 Å². The van der Waals surface area contributed by atoms with Crippen LogP contribution in [0.1, 0.15) is 5.56 Å². The molecule has 0 bridgehead atoms. The number of aliphatic hydroxyl groups is 2. The van der Waals surface area contributed by atoms with E-state index in [1.165, 1.54) is 0 Å². The van der Waals surface area contributed by atoms with Gasteiger partial charge in [-0.1, -0.05) is 5.92 Å². The number of terminal acetylenes is 1. The second kappa shape index (κ2) is 9.84. The van der Waals surface area contributed by atoms with Crippen molar-refractivity contribution in [3.8, 4) is 18.2 Å². The number of nitrogens with one attached hydrogen (secondary N) is 2. The topological polar surface area (TPSA) is 99.5 Å². The average Bonchev–Trinajstić information content (AvgIpc) is 2.60. The first-order valence-electron chi connectivity index (χ1n) is 7.61. The zero-order valence-corrected chi connectivity index (χ0v) is 15.1. The minimum atomic E-state index is 0.0265. The Labute approximate surface area is 154 Å². The highest BCUT2D eigenvalue weighted by molar-refractivity contribution is 9.10. The molecule has 132 valence electrons. The number of anilines is 3. The van der Waals surface area contributed by atoms with Crippen molar-refractivity contribution in [2.75, 3.05) is 37.0 Å². The number of ether oxygens (including phenoxy) is 1. The number of nitrogens with zero attached hydrogens (tertiary/aromatic N) is 2. The molecule has 4 N–H and O–H groups in total. The molecule has 0 aliphatic heterocycles. The number of rotatable bonds is 9. The Balaban J connectivity index is 2.23. The summed E-state index contributed by atoms with van der Waals surface area (Å²) < 4.78 is 5.96. The van der Waals surface area contributed by atoms with Gasteiger partial charge in [0.25, 0.3) is 0 Å². The molecule has 0 unspecified atom stereocenters. The summed E-state index contributed by atoms with van der Waals surface area (Å²) in [5, 5.41) is 24.3. The van der Waals surface area contributed by atoms with Crippen molar-refractivity contribution in [3.63, 3.8) is 0 Å². The monoisotopic (exact) mass is 406 g/mol. The summed E-state index contributed by atoms with van der Waals surface area (Å²) in [4.78, 5) is 8.48. The summed E-state index contributed by atoms with van der Waals surface area (Å²) in [6.45, 7) is 0.609. The summed E-state index contributed by atoms with van der Waals surface area (Å²) in [6, 6.07) is 5.68. The van der Waals surface area contributed by atoms with Crippen molar-refractivity contribution in [1.29, 1.82) is 0 Å². The minimum Gasteiger partial charge on any atom is -0.464 e. The number of hydrogen-bond donors (Lipinski definition) is 4. The quantitative estimate of drug-likeness (QED) is 0.472. The smallest absolute Gasteiger partial charge is 0.233 e. The van der Waals surface area contributed by atoms with Crippen LogP contribution in [0, 0.1) is 12.3 Å². The van der Waals surface area contributed by atoms with Crippen LogP contribution in [0.25, 0.3) is 0 Å². The van der Waals surface area contributed by atoms with Crippen LogP contribution in [-0.2, 0) is 6.42 Å². The SMILES string of the molecule is C#CCOc1nc(Nc2cc(CCO)cc(NCCO)c2)ncc1Br. The first-order valence-corrected chi connectivity index (χ1v) is 8.41. The molecule has 0 radical (unpaired) electrons. The van der Waals surface area contributed by atoms with E-state index in [2.05, 4.69) is 42.5 Å². The third-order valence-corrected chi connectivity index (χ3v) is 3.64. The highest BCUT2D eigenvalue weighted by atomic mass is 79.9. The fourth-order valence-electron chi connectivity index (χ4n) is 2.09. The molecule has 0 spiro atoms. The van der Waals surface area contributed by atoms with Crippen molar-refractivity contribution in [1.82, 2.24) is 9.97 Å². The van der Waals surface area contributed by atoms with Crippen molar-refractivity contribution < 1.29 is 14.9 Å². The Bertz CT molecular complexity index is 749. The van der Waals surface area contributed by atoms with Crippen molar-refractivity contribution >= 4 is 33.3 Å². The zero-order chi connectivity index (χ0) is 18.1. The standard InChI is InChI=1S/C17H19BrN4O3/c1-2-7-25-16-15(18)11-20-17(22-16)21-14-9-12(3-5-23)8-13(10-14)19-4-6-24/h1,8-11,19,23-24H,3-7H2,(H,20,21,22). The van der Waals surface area contributed by atoms with Gasteiger partial charge in [-0.05, 0) is 46.1 Å². The lowest BCUT2D eigenvalue weighted by atomic mass is 10.1. The molecule has 0 amide bonds. The number of hydrogen-bond acceptors (Lipinski definition) is 7. The van der Waals surface area contributed by atoms with E-state index < -0.39 is 0 Å². The molecule has 1 aromatic carbocycles. The molecule has 1 heterocycles. The molecule has 0 fully saturated rings. The molecule has 8 heteroatoms. The molecular formula is C17H19BrN4O3. The molecule has 7 nitrogen and oxygen atoms in total. The highest BCUT2D eigenvalue weighted by Crippen LogP contribution is 2.26. The highest BCUT2D eigenvalue weighted by Gasteiger charge is 2.08. The van der Waals surface area contributed by atoms with Gasteiger partial charge in [-0.3, -0.25) is 0 Å². The molecule has 25 heavy (non-hydrogen) atoms. The van der Waals surface area contributed by atoms with E-state index in [-0.39, 0.29) is 19.8 Å². The Hall–Kier alpha value is -2.34. The maximum atomic E-state index is 9.17.